The van der Waals surface area contributed by atoms with Gasteiger partial charge in [0, 0.05) is 33.8 Å². The van der Waals surface area contributed by atoms with E-state index in [9.17, 15) is 43.9 Å². The van der Waals surface area contributed by atoms with E-state index in [1.54, 1.807) is 0 Å². The molecule has 316 valence electrons. The van der Waals surface area contributed by atoms with Gasteiger partial charge in [-0.05, 0) is 110 Å². The van der Waals surface area contributed by atoms with Crippen LogP contribution in [0.1, 0.15) is 77.1 Å². The van der Waals surface area contributed by atoms with E-state index < -0.39 is 59.6 Å². The molecule has 0 spiro atoms. The maximum absolute atomic E-state index is 13.3. The quantitative estimate of drug-likeness (QED) is 0.0605. The van der Waals surface area contributed by atoms with E-state index >= 15 is 0 Å². The molecule has 9 N–H and O–H groups in total. The third kappa shape index (κ3) is 11.3. The van der Waals surface area contributed by atoms with Crippen LogP contribution in [-0.4, -0.2) is 71.4 Å². The number of aromatic hydroxyl groups is 1. The predicted octanol–water partition coefficient (Wildman–Crippen LogP) is 5.13. The van der Waals surface area contributed by atoms with Gasteiger partial charge < -0.3 is 52.0 Å². The van der Waals surface area contributed by atoms with Crippen LogP contribution < -0.4 is 41.8 Å². The van der Waals surface area contributed by atoms with Crippen molar-refractivity contribution in [1.82, 2.24) is 5.32 Å². The number of rotatable bonds is 17. The summed E-state index contributed by atoms with van der Waals surface area (Å²) in [6, 6.07) is 24.2. The van der Waals surface area contributed by atoms with Gasteiger partial charge in [-0.15, -0.1) is 0 Å². The van der Waals surface area contributed by atoms with Gasteiger partial charge in [0.25, 0.3) is 23.6 Å². The lowest BCUT2D eigenvalue weighted by Gasteiger charge is -2.18. The van der Waals surface area contributed by atoms with Crippen LogP contribution in [0.4, 0.5) is 22.7 Å². The summed E-state index contributed by atoms with van der Waals surface area (Å²) in [5.41, 5.74) is 6.79. The highest BCUT2D eigenvalue weighted by molar-refractivity contribution is 6.10. The zero-order chi connectivity index (χ0) is 44.9. The van der Waals surface area contributed by atoms with Crippen molar-refractivity contribution < 1.29 is 53.2 Å². The van der Waals surface area contributed by atoms with Crippen molar-refractivity contribution in [2.24, 2.45) is 5.73 Å². The van der Waals surface area contributed by atoms with Crippen LogP contribution in [0.2, 0.25) is 0 Å². The number of benzene rings is 5. The van der Waals surface area contributed by atoms with Crippen molar-refractivity contribution in [3.05, 3.63) is 137 Å². The lowest BCUT2D eigenvalue weighted by Crippen LogP contribution is -2.46. The van der Waals surface area contributed by atoms with E-state index in [0.29, 0.717) is 12.1 Å². The largest absolute Gasteiger partial charge is 0.504 e. The highest BCUT2D eigenvalue weighted by Crippen LogP contribution is 2.38. The molecule has 62 heavy (non-hydrogen) atoms. The summed E-state index contributed by atoms with van der Waals surface area (Å²) in [5.74, 6) is -5.85. The average Bonchev–Trinajstić information content (AvgIpc) is 3.26. The summed E-state index contributed by atoms with van der Waals surface area (Å²) >= 11 is 0. The summed E-state index contributed by atoms with van der Waals surface area (Å²) in [6.07, 6.45) is -0.0139. The molecule has 0 bridgehead atoms. The highest BCUT2D eigenvalue weighted by Gasteiger charge is 2.25. The summed E-state index contributed by atoms with van der Waals surface area (Å²) in [7, 11) is 1.38. The Labute approximate surface area is 353 Å². The summed E-state index contributed by atoms with van der Waals surface area (Å²) in [5, 5.41) is 42.3. The molecule has 0 radical (unpaired) electrons. The summed E-state index contributed by atoms with van der Waals surface area (Å²) < 4.78 is 10.9. The van der Waals surface area contributed by atoms with E-state index in [-0.39, 0.29) is 68.5 Å². The zero-order valence-electron chi connectivity index (χ0n) is 33.1. The number of carbonyl (C=O) groups excluding carboxylic acids is 6. The molecule has 0 aliphatic carbocycles. The van der Waals surface area contributed by atoms with Gasteiger partial charge in [-0.25, -0.2) is 4.79 Å². The van der Waals surface area contributed by atoms with Gasteiger partial charge in [0.1, 0.15) is 17.9 Å². The first-order valence-electron chi connectivity index (χ1n) is 18.7. The number of nitrogens with two attached hydrogens (primary N) is 1. The maximum atomic E-state index is 13.3. The maximum Gasteiger partial charge on any atom is 0.335 e. The van der Waals surface area contributed by atoms with Crippen molar-refractivity contribution in [1.29, 1.82) is 5.26 Å². The van der Waals surface area contributed by atoms with Gasteiger partial charge in [-0.1, -0.05) is 6.92 Å². The number of nitriles is 1. The number of carboxylic acid groups (broad SMARTS) is 1. The number of hydrogen-bond donors (Lipinski definition) is 8. The second kappa shape index (κ2) is 20.3. The summed E-state index contributed by atoms with van der Waals surface area (Å²) in [6.45, 7) is 1.95. The number of methoxy groups -OCH3 is 1. The molecule has 18 nitrogen and oxygen atoms in total. The van der Waals surface area contributed by atoms with Crippen molar-refractivity contribution >= 4 is 64.2 Å². The number of carbonyl (C=O) groups is 7. The van der Waals surface area contributed by atoms with Crippen LogP contribution in [0.5, 0.6) is 17.2 Å². The van der Waals surface area contributed by atoms with E-state index in [1.165, 1.54) is 110 Å². The number of carboxylic acids is 1. The van der Waals surface area contributed by atoms with Crippen molar-refractivity contribution in [2.75, 3.05) is 35.0 Å². The molecular weight excluding hydrogens is 803 g/mol. The number of nitrogens with zero attached hydrogens (tertiary/aromatic N) is 1. The SMILES string of the molecule is CCCOc1c(NC(=O)c2ccc(NC(=O)[C@H](CC(N)=O)NC(=O)c3ccc(NC(=O)c4ccc(C#N)c(OC)c4)cc3)cc2)ccc(C(=O)Nc2ccc(C(=O)O)cc2)c1O. The number of amides is 6. The van der Waals surface area contributed by atoms with Crippen LogP contribution in [0.25, 0.3) is 0 Å². The Bertz CT molecular complexity index is 2570. The highest BCUT2D eigenvalue weighted by atomic mass is 16.5. The van der Waals surface area contributed by atoms with E-state index in [2.05, 4.69) is 26.6 Å². The first kappa shape index (κ1) is 44.4. The molecule has 5 rings (SSSR count). The van der Waals surface area contributed by atoms with Gasteiger partial charge in [0.05, 0.1) is 42.5 Å². The van der Waals surface area contributed by atoms with Gasteiger partial charge in [0.15, 0.2) is 11.5 Å². The lowest BCUT2D eigenvalue weighted by atomic mass is 10.1. The molecule has 6 amide bonds. The molecule has 0 aliphatic rings. The topological polar surface area (TPSA) is 288 Å². The fourth-order valence-corrected chi connectivity index (χ4v) is 5.71. The molecule has 0 aromatic heterocycles. The zero-order valence-corrected chi connectivity index (χ0v) is 33.1. The van der Waals surface area contributed by atoms with Crippen LogP contribution in [0.3, 0.4) is 0 Å². The first-order valence-corrected chi connectivity index (χ1v) is 18.7. The Morgan fingerprint density at radius 2 is 1.23 bits per heavy atom. The van der Waals surface area contributed by atoms with Crippen LogP contribution >= 0.6 is 0 Å². The number of phenols is 1. The van der Waals surface area contributed by atoms with Crippen molar-refractivity contribution in [3.63, 3.8) is 0 Å². The Balaban J connectivity index is 1.21. The second-order valence-corrected chi connectivity index (χ2v) is 13.3. The van der Waals surface area contributed by atoms with Gasteiger partial charge in [0.2, 0.25) is 11.8 Å². The molecule has 0 saturated carbocycles. The molecule has 0 fully saturated rings. The van der Waals surface area contributed by atoms with E-state index in [1.807, 2.05) is 13.0 Å². The molecule has 5 aromatic rings. The Morgan fingerprint density at radius 3 is 1.77 bits per heavy atom. The number of anilines is 4. The number of nitrogens with one attached hydrogen (secondary N) is 5. The second-order valence-electron chi connectivity index (χ2n) is 13.3. The molecule has 0 saturated heterocycles. The molecule has 1 atom stereocenters. The molecule has 0 heterocycles. The predicted molar refractivity (Wildman–Crippen MR) is 225 cm³/mol. The fraction of sp³-hybridized carbons (Fsp3) is 0.136. The fourth-order valence-electron chi connectivity index (χ4n) is 5.71. The molecule has 18 heteroatoms. The minimum Gasteiger partial charge on any atom is -0.504 e. The van der Waals surface area contributed by atoms with E-state index in [4.69, 9.17) is 20.3 Å². The third-order valence-electron chi connectivity index (χ3n) is 8.90. The van der Waals surface area contributed by atoms with Crippen LogP contribution in [0.15, 0.2) is 103 Å². The monoisotopic (exact) mass is 841 g/mol. The first-order chi connectivity index (χ1) is 29.7. The lowest BCUT2D eigenvalue weighted by molar-refractivity contribution is -0.123. The number of ether oxygens (including phenoxy) is 2. The smallest absolute Gasteiger partial charge is 0.335 e. The van der Waals surface area contributed by atoms with Gasteiger partial charge >= 0.3 is 5.97 Å². The normalized spacial score (nSPS) is 10.9. The Kier molecular flexibility index (Phi) is 14.5. The van der Waals surface area contributed by atoms with E-state index in [0.717, 1.165) is 0 Å². The third-order valence-corrected chi connectivity index (χ3v) is 8.90. The minimum atomic E-state index is -1.40. The van der Waals surface area contributed by atoms with Crippen molar-refractivity contribution in [3.8, 4) is 23.3 Å². The summed E-state index contributed by atoms with van der Waals surface area (Å²) in [4.78, 5) is 88.5. The number of aromatic carboxylic acids is 1. The Morgan fingerprint density at radius 1 is 0.694 bits per heavy atom. The number of hydrogen-bond acceptors (Lipinski definition) is 11. The average molecular weight is 842 g/mol. The van der Waals surface area contributed by atoms with Crippen molar-refractivity contribution in [2.45, 2.75) is 25.8 Å². The Hall–Kier alpha value is -8.72. The standard InChI is InChI=1S/C44H39N7O11/c1-3-20-62-38-33(19-18-32(37(38)53)42(57)48-30-16-10-26(11-17-30)44(59)60)50-39(54)24-8-14-31(15-9-24)49-43(58)34(22-36(46)52)51-40(55)25-6-12-29(13-7-25)47-41(56)27-4-5-28(23-45)35(21-27)61-2/h4-19,21,34,53H,3,20,22H2,1-2H3,(H2,46,52)(H,47,56)(H,48,57)(H,49,58)(H,50,54)(H,51,55)(H,59,60)/t34-/m0/s1. The van der Waals surface area contributed by atoms with Gasteiger partial charge in [-0.3, -0.25) is 28.8 Å². The van der Waals surface area contributed by atoms with Crippen LogP contribution in [-0.2, 0) is 9.59 Å². The number of primary amides is 1. The van der Waals surface area contributed by atoms with Gasteiger partial charge in [-0.2, -0.15) is 5.26 Å². The number of phenolic OH excluding ortho intramolecular Hbond substituents is 1. The molecule has 5 aromatic carbocycles. The minimum absolute atomic E-state index is 0.0204. The van der Waals surface area contributed by atoms with Crippen LogP contribution in [0, 0.1) is 11.3 Å². The molecular formula is C44H39N7O11. The molecule has 0 unspecified atom stereocenters. The molecule has 0 aliphatic heterocycles.